The van der Waals surface area contributed by atoms with E-state index in [2.05, 4.69) is 15.5 Å². The second-order valence-corrected chi connectivity index (χ2v) is 6.83. The highest BCUT2D eigenvalue weighted by Gasteiger charge is 2.32. The molecule has 2 aromatic rings. The number of hydrogen-bond acceptors (Lipinski definition) is 4. The zero-order chi connectivity index (χ0) is 18.4. The van der Waals surface area contributed by atoms with Crippen molar-refractivity contribution in [2.45, 2.75) is 50.7 Å². The number of ether oxygens (including phenoxy) is 1. The van der Waals surface area contributed by atoms with E-state index in [1.807, 2.05) is 0 Å². The molecule has 1 saturated carbocycles. The predicted molar refractivity (Wildman–Crippen MR) is 94.3 cm³/mol. The number of nitrogens with zero attached hydrogens (tertiary/aromatic N) is 1. The van der Waals surface area contributed by atoms with Crippen LogP contribution in [-0.4, -0.2) is 33.4 Å². The van der Waals surface area contributed by atoms with Gasteiger partial charge in [0.25, 0.3) is 5.91 Å². The average Bonchev–Trinajstić information content (AvgIpc) is 3.00. The van der Waals surface area contributed by atoms with Crippen LogP contribution < -0.4 is 10.1 Å². The number of aliphatic hydroxyl groups excluding tert-OH is 1. The number of carbonyl (C=O) groups excluding carboxylic acids is 1. The maximum absolute atomic E-state index is 13.2. The summed E-state index contributed by atoms with van der Waals surface area (Å²) in [5, 5.41) is 19.6. The second-order valence-electron chi connectivity index (χ2n) is 6.83. The van der Waals surface area contributed by atoms with E-state index in [1.165, 1.54) is 12.1 Å². The fourth-order valence-corrected chi connectivity index (χ4v) is 3.30. The van der Waals surface area contributed by atoms with Crippen LogP contribution in [0.2, 0.25) is 0 Å². The Morgan fingerprint density at radius 3 is 2.73 bits per heavy atom. The number of amides is 1. The molecular formula is C19H24FN3O3. The van der Waals surface area contributed by atoms with Crippen molar-refractivity contribution in [2.24, 2.45) is 0 Å². The number of aliphatic hydroxyl groups is 1. The standard InChI is InChI=1S/C19H24FN3O3/c20-14-6-5-7-16(10-14)26-12-15-11-17(23-22-15)18(25)21-19(13-24)8-3-1-2-4-9-19/h5-7,10-11,24H,1-4,8-9,12-13H2,(H,21,25)(H,22,23). The Bertz CT molecular complexity index is 739. The number of aromatic amines is 1. The zero-order valence-corrected chi connectivity index (χ0v) is 14.6. The molecule has 0 spiro atoms. The van der Waals surface area contributed by atoms with Crippen molar-refractivity contribution in [3.8, 4) is 5.75 Å². The van der Waals surface area contributed by atoms with Gasteiger partial charge in [-0.3, -0.25) is 9.89 Å². The van der Waals surface area contributed by atoms with E-state index < -0.39 is 5.54 Å². The van der Waals surface area contributed by atoms with E-state index in [-0.39, 0.29) is 30.6 Å². The van der Waals surface area contributed by atoms with Gasteiger partial charge in [-0.1, -0.05) is 31.7 Å². The summed E-state index contributed by atoms with van der Waals surface area (Å²) < 4.78 is 18.6. The topological polar surface area (TPSA) is 87.2 Å². The lowest BCUT2D eigenvalue weighted by Crippen LogP contribution is -2.51. The summed E-state index contributed by atoms with van der Waals surface area (Å²) in [5.74, 6) is -0.276. The Hall–Kier alpha value is -2.41. The number of halogens is 1. The summed E-state index contributed by atoms with van der Waals surface area (Å²) in [4.78, 5) is 12.5. The van der Waals surface area contributed by atoms with Gasteiger partial charge in [0.15, 0.2) is 0 Å². The predicted octanol–water partition coefficient (Wildman–Crippen LogP) is 2.94. The number of hydrogen-bond donors (Lipinski definition) is 3. The van der Waals surface area contributed by atoms with Gasteiger partial charge in [-0.05, 0) is 31.0 Å². The van der Waals surface area contributed by atoms with Crippen molar-refractivity contribution < 1.29 is 19.0 Å². The normalized spacial score (nSPS) is 16.7. The summed E-state index contributed by atoms with van der Waals surface area (Å²) >= 11 is 0. The average molecular weight is 361 g/mol. The minimum absolute atomic E-state index is 0.0707. The van der Waals surface area contributed by atoms with Gasteiger partial charge in [-0.25, -0.2) is 4.39 Å². The molecule has 1 amide bonds. The molecule has 1 fully saturated rings. The van der Waals surface area contributed by atoms with Crippen molar-refractivity contribution >= 4 is 5.91 Å². The molecule has 140 valence electrons. The van der Waals surface area contributed by atoms with Crippen LogP contribution in [0.1, 0.15) is 54.7 Å². The van der Waals surface area contributed by atoms with Gasteiger partial charge in [-0.2, -0.15) is 5.10 Å². The first-order valence-electron chi connectivity index (χ1n) is 8.96. The molecule has 1 aromatic heterocycles. The number of aromatic nitrogens is 2. The van der Waals surface area contributed by atoms with Crippen LogP contribution in [0.25, 0.3) is 0 Å². The van der Waals surface area contributed by atoms with Gasteiger partial charge in [0.1, 0.15) is 23.9 Å². The lowest BCUT2D eigenvalue weighted by molar-refractivity contribution is 0.0801. The van der Waals surface area contributed by atoms with Crippen molar-refractivity contribution in [2.75, 3.05) is 6.61 Å². The van der Waals surface area contributed by atoms with Gasteiger partial charge in [0.05, 0.1) is 17.8 Å². The van der Waals surface area contributed by atoms with Gasteiger partial charge in [0, 0.05) is 6.07 Å². The summed E-state index contributed by atoms with van der Waals surface area (Å²) in [6.45, 7) is 0.0770. The van der Waals surface area contributed by atoms with Crippen LogP contribution in [0.3, 0.4) is 0 Å². The van der Waals surface area contributed by atoms with Gasteiger partial charge in [0.2, 0.25) is 0 Å². The minimum atomic E-state index is -0.565. The smallest absolute Gasteiger partial charge is 0.272 e. The van der Waals surface area contributed by atoms with E-state index in [4.69, 9.17) is 4.74 Å². The van der Waals surface area contributed by atoms with Crippen LogP contribution in [-0.2, 0) is 6.61 Å². The fourth-order valence-electron chi connectivity index (χ4n) is 3.30. The fraction of sp³-hybridized carbons (Fsp3) is 0.474. The van der Waals surface area contributed by atoms with Gasteiger partial charge >= 0.3 is 0 Å². The van der Waals surface area contributed by atoms with E-state index in [1.54, 1.807) is 18.2 Å². The Labute approximate surface area is 151 Å². The molecule has 3 N–H and O–H groups in total. The lowest BCUT2D eigenvalue weighted by atomic mass is 9.91. The maximum atomic E-state index is 13.2. The largest absolute Gasteiger partial charge is 0.487 e. The Kier molecular flexibility index (Phi) is 5.88. The number of H-pyrrole nitrogens is 1. The SMILES string of the molecule is O=C(NC1(CO)CCCCCC1)c1cc(COc2cccc(F)c2)[nH]n1. The minimum Gasteiger partial charge on any atom is -0.487 e. The zero-order valence-electron chi connectivity index (χ0n) is 14.6. The molecule has 0 atom stereocenters. The lowest BCUT2D eigenvalue weighted by Gasteiger charge is -2.31. The highest BCUT2D eigenvalue weighted by Crippen LogP contribution is 2.27. The maximum Gasteiger partial charge on any atom is 0.272 e. The van der Waals surface area contributed by atoms with Crippen molar-refractivity contribution in [1.29, 1.82) is 0 Å². The molecule has 7 heteroatoms. The van der Waals surface area contributed by atoms with Crippen molar-refractivity contribution in [1.82, 2.24) is 15.5 Å². The molecule has 0 bridgehead atoms. The van der Waals surface area contributed by atoms with E-state index in [9.17, 15) is 14.3 Å². The molecule has 0 aliphatic heterocycles. The van der Waals surface area contributed by atoms with Gasteiger partial charge in [-0.15, -0.1) is 0 Å². The first-order chi connectivity index (χ1) is 12.6. The summed E-state index contributed by atoms with van der Waals surface area (Å²) in [6, 6.07) is 7.47. The third-order valence-electron chi connectivity index (χ3n) is 4.80. The van der Waals surface area contributed by atoms with E-state index in [0.717, 1.165) is 38.5 Å². The first kappa shape index (κ1) is 18.4. The summed E-state index contributed by atoms with van der Waals surface area (Å²) in [6.07, 6.45) is 5.79. The Morgan fingerprint density at radius 2 is 2.04 bits per heavy atom. The Morgan fingerprint density at radius 1 is 1.27 bits per heavy atom. The summed E-state index contributed by atoms with van der Waals surface area (Å²) in [7, 11) is 0. The van der Waals surface area contributed by atoms with Crippen LogP contribution in [0, 0.1) is 5.82 Å². The monoisotopic (exact) mass is 361 g/mol. The molecule has 3 rings (SSSR count). The second kappa shape index (κ2) is 8.31. The molecule has 1 aromatic carbocycles. The Balaban J connectivity index is 1.60. The van der Waals surface area contributed by atoms with E-state index >= 15 is 0 Å². The highest BCUT2D eigenvalue weighted by atomic mass is 19.1. The van der Waals surface area contributed by atoms with Crippen molar-refractivity contribution in [3.63, 3.8) is 0 Å². The van der Waals surface area contributed by atoms with Gasteiger partial charge < -0.3 is 15.2 Å². The summed E-state index contributed by atoms with van der Waals surface area (Å²) in [5.41, 5.74) is 0.295. The molecule has 1 heterocycles. The van der Waals surface area contributed by atoms with Crippen LogP contribution in [0.5, 0.6) is 5.75 Å². The number of rotatable bonds is 6. The molecule has 0 radical (unpaired) electrons. The number of benzene rings is 1. The van der Waals surface area contributed by atoms with Crippen molar-refractivity contribution in [3.05, 3.63) is 47.5 Å². The number of carbonyl (C=O) groups is 1. The van der Waals surface area contributed by atoms with Crippen LogP contribution in [0.15, 0.2) is 30.3 Å². The molecule has 0 unspecified atom stereocenters. The molecule has 1 aliphatic rings. The molecule has 26 heavy (non-hydrogen) atoms. The molecule has 1 aliphatic carbocycles. The third kappa shape index (κ3) is 4.60. The molecular weight excluding hydrogens is 337 g/mol. The van der Waals surface area contributed by atoms with Crippen LogP contribution >= 0.6 is 0 Å². The highest BCUT2D eigenvalue weighted by molar-refractivity contribution is 5.92. The quantitative estimate of drug-likeness (QED) is 0.691. The van der Waals surface area contributed by atoms with E-state index in [0.29, 0.717) is 11.4 Å². The molecule has 6 nitrogen and oxygen atoms in total. The number of nitrogens with one attached hydrogen (secondary N) is 2. The third-order valence-corrected chi connectivity index (χ3v) is 4.80. The molecule has 0 saturated heterocycles. The van der Waals surface area contributed by atoms with Crippen LogP contribution in [0.4, 0.5) is 4.39 Å². The first-order valence-corrected chi connectivity index (χ1v) is 8.96.